The number of rotatable bonds is 1. The summed E-state index contributed by atoms with van der Waals surface area (Å²) in [7, 11) is 1.94. The number of hydrogen-bond acceptors (Lipinski definition) is 3. The number of likely N-dealkylation sites (N-methyl/N-ethyl adjacent to an activating group) is 1. The first-order valence-electron chi connectivity index (χ1n) is 5.35. The van der Waals surface area contributed by atoms with E-state index in [1.54, 1.807) is 0 Å². The topological polar surface area (TPSA) is 42.2 Å². The number of hydrogen-bond donors (Lipinski definition) is 1. The van der Waals surface area contributed by atoms with Crippen molar-refractivity contribution in [2.45, 2.75) is 18.1 Å². The molecule has 0 bridgehead atoms. The largest absolute Gasteiger partial charge is 0.433 e. The maximum Gasteiger partial charge on any atom is 0.433 e. The van der Waals surface area contributed by atoms with Crippen LogP contribution < -0.4 is 5.73 Å². The van der Waals surface area contributed by atoms with Gasteiger partial charge in [0.2, 0.25) is 0 Å². The molecule has 1 aromatic rings. The van der Waals surface area contributed by atoms with E-state index in [4.69, 9.17) is 5.73 Å². The molecular weight excluding hydrogens is 231 g/mol. The second kappa shape index (κ2) is 4.27. The van der Waals surface area contributed by atoms with Crippen molar-refractivity contribution < 1.29 is 13.2 Å². The molecule has 3 nitrogen and oxygen atoms in total. The first-order chi connectivity index (χ1) is 7.88. The summed E-state index contributed by atoms with van der Waals surface area (Å²) in [6.45, 7) is 1.51. The van der Waals surface area contributed by atoms with Gasteiger partial charge in [-0.2, -0.15) is 13.2 Å². The zero-order valence-electron chi connectivity index (χ0n) is 9.41. The summed E-state index contributed by atoms with van der Waals surface area (Å²) in [5.41, 5.74) is 5.85. The van der Waals surface area contributed by atoms with Gasteiger partial charge in [0.25, 0.3) is 0 Å². The second-order valence-corrected chi connectivity index (χ2v) is 4.47. The number of halogens is 3. The Labute approximate surface area is 97.4 Å². The number of alkyl halides is 3. The molecule has 2 rings (SSSR count). The van der Waals surface area contributed by atoms with E-state index in [1.165, 1.54) is 12.3 Å². The highest BCUT2D eigenvalue weighted by Gasteiger charge is 2.33. The van der Waals surface area contributed by atoms with Crippen molar-refractivity contribution in [3.63, 3.8) is 0 Å². The normalized spacial score (nSPS) is 26.4. The van der Waals surface area contributed by atoms with Crippen molar-refractivity contribution in [2.24, 2.45) is 5.73 Å². The van der Waals surface area contributed by atoms with Crippen LogP contribution in [-0.2, 0) is 6.18 Å². The molecular formula is C11H14F3N3. The molecule has 1 aliphatic heterocycles. The minimum Gasteiger partial charge on any atom is -0.326 e. The molecule has 0 spiro atoms. The van der Waals surface area contributed by atoms with Crippen molar-refractivity contribution in [1.29, 1.82) is 0 Å². The van der Waals surface area contributed by atoms with Crippen LogP contribution >= 0.6 is 0 Å². The monoisotopic (exact) mass is 245 g/mol. The van der Waals surface area contributed by atoms with E-state index in [0.717, 1.165) is 24.7 Å². The molecule has 17 heavy (non-hydrogen) atoms. The maximum atomic E-state index is 12.3. The first kappa shape index (κ1) is 12.3. The van der Waals surface area contributed by atoms with E-state index in [0.29, 0.717) is 0 Å². The molecule has 6 heteroatoms. The standard InChI is InChI=1S/C11H14F3N3/c1-17-5-8(9(15)6-17)7-2-3-10(16-4-7)11(12,13)14/h2-4,8-9H,5-6,15H2,1H3/t8-,9+/m1/s1. The van der Waals surface area contributed by atoms with Gasteiger partial charge >= 0.3 is 6.18 Å². The van der Waals surface area contributed by atoms with Gasteiger partial charge in [-0.1, -0.05) is 6.07 Å². The molecule has 0 radical (unpaired) electrons. The van der Waals surface area contributed by atoms with Crippen LogP contribution in [0.1, 0.15) is 17.2 Å². The molecule has 1 aromatic heterocycles. The van der Waals surface area contributed by atoms with Crippen LogP contribution in [0.25, 0.3) is 0 Å². The fourth-order valence-corrected chi connectivity index (χ4v) is 2.18. The van der Waals surface area contributed by atoms with E-state index >= 15 is 0 Å². The van der Waals surface area contributed by atoms with Crippen LogP contribution in [0.2, 0.25) is 0 Å². The summed E-state index contributed by atoms with van der Waals surface area (Å²) in [5, 5.41) is 0. The Kier molecular flexibility index (Phi) is 3.09. The fourth-order valence-electron chi connectivity index (χ4n) is 2.18. The lowest BCUT2D eigenvalue weighted by atomic mass is 9.96. The van der Waals surface area contributed by atoms with Crippen molar-refractivity contribution in [1.82, 2.24) is 9.88 Å². The predicted molar refractivity (Wildman–Crippen MR) is 57.5 cm³/mol. The molecule has 2 atom stereocenters. The Morgan fingerprint density at radius 2 is 2.06 bits per heavy atom. The van der Waals surface area contributed by atoms with E-state index in [1.807, 2.05) is 7.05 Å². The van der Waals surface area contributed by atoms with Gasteiger partial charge in [0.15, 0.2) is 0 Å². The van der Waals surface area contributed by atoms with E-state index in [-0.39, 0.29) is 12.0 Å². The summed E-state index contributed by atoms with van der Waals surface area (Å²) in [6.07, 6.45) is -3.10. The quantitative estimate of drug-likeness (QED) is 0.814. The molecule has 1 fully saturated rings. The molecule has 2 N–H and O–H groups in total. The average molecular weight is 245 g/mol. The maximum absolute atomic E-state index is 12.3. The van der Waals surface area contributed by atoms with Crippen molar-refractivity contribution >= 4 is 0 Å². The molecule has 0 saturated carbocycles. The Balaban J connectivity index is 2.19. The van der Waals surface area contributed by atoms with Crippen LogP contribution in [-0.4, -0.2) is 36.1 Å². The van der Waals surface area contributed by atoms with Crippen molar-refractivity contribution in [3.8, 4) is 0 Å². The Morgan fingerprint density at radius 3 is 2.47 bits per heavy atom. The van der Waals surface area contributed by atoms with Crippen LogP contribution in [0.3, 0.4) is 0 Å². The van der Waals surface area contributed by atoms with Gasteiger partial charge in [0, 0.05) is 31.2 Å². The van der Waals surface area contributed by atoms with Gasteiger partial charge < -0.3 is 10.6 Å². The second-order valence-electron chi connectivity index (χ2n) is 4.47. The molecule has 1 aliphatic rings. The highest BCUT2D eigenvalue weighted by Crippen LogP contribution is 2.30. The SMILES string of the molecule is CN1C[C@H](c2ccc(C(F)(F)F)nc2)[C@@H](N)C1. The molecule has 0 amide bonds. The Bertz CT molecular complexity index is 388. The number of nitrogens with two attached hydrogens (primary N) is 1. The van der Waals surface area contributed by atoms with Crippen molar-refractivity contribution in [2.75, 3.05) is 20.1 Å². The highest BCUT2D eigenvalue weighted by atomic mass is 19.4. The number of pyridine rings is 1. The lowest BCUT2D eigenvalue weighted by Gasteiger charge is -2.15. The lowest BCUT2D eigenvalue weighted by Crippen LogP contribution is -2.28. The predicted octanol–water partition coefficient (Wildman–Crippen LogP) is 1.46. The van der Waals surface area contributed by atoms with Crippen molar-refractivity contribution in [3.05, 3.63) is 29.6 Å². The molecule has 0 aliphatic carbocycles. The third-order valence-electron chi connectivity index (χ3n) is 3.05. The summed E-state index contributed by atoms with van der Waals surface area (Å²) >= 11 is 0. The highest BCUT2D eigenvalue weighted by molar-refractivity contribution is 5.23. The minimum absolute atomic E-state index is 0.0430. The molecule has 2 heterocycles. The summed E-state index contributed by atoms with van der Waals surface area (Å²) in [5.74, 6) is 0.0646. The van der Waals surface area contributed by atoms with Gasteiger partial charge in [0.1, 0.15) is 5.69 Å². The molecule has 94 valence electrons. The molecule has 1 saturated heterocycles. The smallest absolute Gasteiger partial charge is 0.326 e. The Morgan fingerprint density at radius 1 is 1.35 bits per heavy atom. The van der Waals surface area contributed by atoms with Crippen LogP contribution in [0.15, 0.2) is 18.3 Å². The number of aromatic nitrogens is 1. The van der Waals surface area contributed by atoms with Crippen LogP contribution in [0.4, 0.5) is 13.2 Å². The van der Waals surface area contributed by atoms with Gasteiger partial charge in [-0.3, -0.25) is 4.98 Å². The van der Waals surface area contributed by atoms with E-state index in [9.17, 15) is 13.2 Å². The van der Waals surface area contributed by atoms with Gasteiger partial charge in [-0.25, -0.2) is 0 Å². The fraction of sp³-hybridized carbons (Fsp3) is 0.545. The first-order valence-corrected chi connectivity index (χ1v) is 5.35. The minimum atomic E-state index is -4.38. The van der Waals surface area contributed by atoms with Crippen LogP contribution in [0.5, 0.6) is 0 Å². The summed E-state index contributed by atoms with van der Waals surface area (Å²) < 4.78 is 37.0. The lowest BCUT2D eigenvalue weighted by molar-refractivity contribution is -0.141. The molecule has 0 unspecified atom stereocenters. The third kappa shape index (κ3) is 2.58. The van der Waals surface area contributed by atoms with Gasteiger partial charge in [-0.15, -0.1) is 0 Å². The average Bonchev–Trinajstić information content (AvgIpc) is 2.57. The third-order valence-corrected chi connectivity index (χ3v) is 3.05. The zero-order chi connectivity index (χ0) is 12.6. The van der Waals surface area contributed by atoms with Crippen LogP contribution in [0, 0.1) is 0 Å². The number of nitrogens with zero attached hydrogens (tertiary/aromatic N) is 2. The van der Waals surface area contributed by atoms with E-state index in [2.05, 4.69) is 9.88 Å². The summed E-state index contributed by atoms with van der Waals surface area (Å²) in [6, 6.07) is 2.44. The van der Waals surface area contributed by atoms with E-state index < -0.39 is 11.9 Å². The Hall–Kier alpha value is -1.14. The molecule has 0 aromatic carbocycles. The summed E-state index contributed by atoms with van der Waals surface area (Å²) in [4.78, 5) is 5.52. The van der Waals surface area contributed by atoms with Gasteiger partial charge in [-0.05, 0) is 18.7 Å². The van der Waals surface area contributed by atoms with Gasteiger partial charge in [0.05, 0.1) is 0 Å². The zero-order valence-corrected chi connectivity index (χ0v) is 9.41. The number of likely N-dealkylation sites (tertiary alicyclic amines) is 1.